The number of ether oxygens (including phenoxy) is 1. The molecule has 15 heteroatoms. The molecule has 0 heterocycles. The van der Waals surface area contributed by atoms with Gasteiger partial charge in [-0.3, -0.25) is 19.2 Å². The topological polar surface area (TPSA) is 233 Å². The van der Waals surface area contributed by atoms with E-state index in [1.165, 1.54) is 0 Å². The molecule has 0 amide bonds. The quantitative estimate of drug-likeness (QED) is 0.153. The van der Waals surface area contributed by atoms with E-state index in [1.54, 1.807) is 0 Å². The van der Waals surface area contributed by atoms with Gasteiger partial charge in [0.05, 0.1) is 25.7 Å². The van der Waals surface area contributed by atoms with Gasteiger partial charge in [-0.25, -0.2) is 9.59 Å². The summed E-state index contributed by atoms with van der Waals surface area (Å²) in [4.78, 5) is 66.0. The van der Waals surface area contributed by atoms with Gasteiger partial charge in [-0.15, -0.1) is 0 Å². The largest absolute Gasteiger partial charge is 2.00 e. The van der Waals surface area contributed by atoms with Gasteiger partial charge in [-0.2, -0.15) is 0 Å². The molecule has 148 valence electrons. The predicted molar refractivity (Wildman–Crippen MR) is 86.4 cm³/mol. The number of carboxylic acids is 5. The standard InChI is InChI=1S/C12H14O13.2Mg.4H/c13-5(14)1-11(24,9(20)21)4-8(19)25-12(10(22)23,2-6(15)16)3-7(17)18;;;;;;/h24H,1-4H2,(H,13,14)(H,15,16)(H,17,18)(H,20,21)(H,22,23);;;;;;/q;2*+2;4*-1. The molecule has 1 atom stereocenters. The Morgan fingerprint density at radius 2 is 1.04 bits per heavy atom. The van der Waals surface area contributed by atoms with Gasteiger partial charge in [0.15, 0.2) is 5.60 Å². The summed E-state index contributed by atoms with van der Waals surface area (Å²) >= 11 is 0. The van der Waals surface area contributed by atoms with Crippen LogP contribution in [0.5, 0.6) is 0 Å². The van der Waals surface area contributed by atoms with E-state index in [0.29, 0.717) is 0 Å². The number of carbonyl (C=O) groups is 6. The predicted octanol–water partition coefficient (Wildman–Crippen LogP) is -2.33. The molecule has 0 bridgehead atoms. The molecule has 0 spiro atoms. The molecule has 0 aromatic heterocycles. The van der Waals surface area contributed by atoms with E-state index >= 15 is 0 Å². The molecule has 0 aromatic rings. The van der Waals surface area contributed by atoms with Gasteiger partial charge in [-0.05, 0) is 0 Å². The van der Waals surface area contributed by atoms with Crippen molar-refractivity contribution in [1.82, 2.24) is 0 Å². The fraction of sp³-hybridized carbons (Fsp3) is 0.500. The zero-order valence-electron chi connectivity index (χ0n) is 17.8. The van der Waals surface area contributed by atoms with Gasteiger partial charge in [0, 0.05) is 0 Å². The maximum Gasteiger partial charge on any atom is 2.00 e. The van der Waals surface area contributed by atoms with Gasteiger partial charge in [0.2, 0.25) is 5.60 Å². The minimum atomic E-state index is -3.17. The second-order valence-electron chi connectivity index (χ2n) is 5.00. The van der Waals surface area contributed by atoms with Gasteiger partial charge in [-0.1, -0.05) is 0 Å². The Morgan fingerprint density at radius 1 is 0.667 bits per heavy atom. The van der Waals surface area contributed by atoms with E-state index in [1.807, 2.05) is 0 Å². The fourth-order valence-electron chi connectivity index (χ4n) is 1.77. The van der Waals surface area contributed by atoms with Crippen LogP contribution in [0, 0.1) is 0 Å². The van der Waals surface area contributed by atoms with E-state index in [4.69, 9.17) is 25.5 Å². The van der Waals surface area contributed by atoms with Crippen molar-refractivity contribution < 1.29 is 69.8 Å². The average Bonchev–Trinajstić information content (AvgIpc) is 2.34. The third-order valence-corrected chi connectivity index (χ3v) is 2.85. The number of hydrogen-bond donors (Lipinski definition) is 6. The molecular weight excluding hydrogens is 401 g/mol. The minimum absolute atomic E-state index is 0. The molecular formula is C12H18Mg2O13. The molecule has 0 rings (SSSR count). The normalized spacial score (nSPS) is 12.3. The van der Waals surface area contributed by atoms with Crippen LogP contribution in [0.15, 0.2) is 0 Å². The molecule has 0 saturated carbocycles. The van der Waals surface area contributed by atoms with Crippen molar-refractivity contribution in [3.63, 3.8) is 0 Å². The van der Waals surface area contributed by atoms with Crippen molar-refractivity contribution in [2.75, 3.05) is 0 Å². The van der Waals surface area contributed by atoms with E-state index in [9.17, 15) is 33.9 Å². The van der Waals surface area contributed by atoms with Gasteiger partial charge < -0.3 is 41.1 Å². The summed E-state index contributed by atoms with van der Waals surface area (Å²) in [6.45, 7) is 0. The summed E-state index contributed by atoms with van der Waals surface area (Å²) in [6.07, 6.45) is -5.94. The Bertz CT molecular complexity index is 618. The van der Waals surface area contributed by atoms with Crippen molar-refractivity contribution in [2.24, 2.45) is 0 Å². The number of carbonyl (C=O) groups excluding carboxylic acids is 1. The Morgan fingerprint density at radius 3 is 1.30 bits per heavy atom. The van der Waals surface area contributed by atoms with Gasteiger partial charge in [0.25, 0.3) is 0 Å². The molecule has 0 radical (unpaired) electrons. The number of rotatable bonds is 11. The molecule has 6 N–H and O–H groups in total. The molecule has 0 fully saturated rings. The van der Waals surface area contributed by atoms with Crippen LogP contribution >= 0.6 is 0 Å². The summed E-state index contributed by atoms with van der Waals surface area (Å²) in [5.41, 5.74) is -6.24. The SMILES string of the molecule is O=C(O)CC(O)(CC(=O)OC(CC(=O)O)(CC(=O)O)C(=O)O)C(=O)O.[H-].[H-].[H-].[H-].[Mg+2].[Mg+2]. The monoisotopic (exact) mass is 418 g/mol. The second kappa shape index (κ2) is 11.9. The molecule has 1 unspecified atom stereocenters. The first-order valence-electron chi connectivity index (χ1n) is 6.30. The van der Waals surface area contributed by atoms with E-state index in [2.05, 4.69) is 4.74 Å². The van der Waals surface area contributed by atoms with Crippen LogP contribution in [-0.2, 0) is 33.5 Å². The summed E-state index contributed by atoms with van der Waals surface area (Å²) in [7, 11) is 0. The molecule has 0 aliphatic carbocycles. The van der Waals surface area contributed by atoms with Crippen molar-refractivity contribution in [2.45, 2.75) is 36.9 Å². The zero-order valence-corrected chi connectivity index (χ0v) is 16.6. The maximum absolute atomic E-state index is 11.7. The van der Waals surface area contributed by atoms with Crippen LogP contribution in [0.3, 0.4) is 0 Å². The third-order valence-electron chi connectivity index (χ3n) is 2.85. The molecule has 13 nitrogen and oxygen atoms in total. The van der Waals surface area contributed by atoms with Crippen molar-refractivity contribution in [1.29, 1.82) is 0 Å². The van der Waals surface area contributed by atoms with Crippen LogP contribution in [0.2, 0.25) is 0 Å². The molecule has 0 aliphatic heterocycles. The smallest absolute Gasteiger partial charge is 1.00 e. The maximum atomic E-state index is 11.7. The number of carboxylic acid groups (broad SMARTS) is 5. The molecule has 0 aliphatic rings. The Hall–Kier alpha value is -1.69. The summed E-state index contributed by atoms with van der Waals surface area (Å²) < 4.78 is 4.33. The van der Waals surface area contributed by atoms with Crippen LogP contribution < -0.4 is 0 Å². The Kier molecular flexibility index (Phi) is 13.3. The first-order valence-corrected chi connectivity index (χ1v) is 6.30. The summed E-state index contributed by atoms with van der Waals surface area (Å²) in [5, 5.41) is 53.5. The number of esters is 1. The molecule has 0 saturated heterocycles. The first kappa shape index (κ1) is 30.1. The summed E-state index contributed by atoms with van der Waals surface area (Å²) in [5.74, 6) is -11.6. The Labute approximate surface area is 188 Å². The molecule has 0 aromatic carbocycles. The van der Waals surface area contributed by atoms with E-state index in [0.717, 1.165) is 0 Å². The van der Waals surface area contributed by atoms with Crippen LogP contribution in [0.4, 0.5) is 0 Å². The second-order valence-corrected chi connectivity index (χ2v) is 5.00. The van der Waals surface area contributed by atoms with E-state index in [-0.39, 0.29) is 51.8 Å². The number of aliphatic carboxylic acids is 5. The first-order chi connectivity index (χ1) is 11.2. The minimum Gasteiger partial charge on any atom is -1.00 e. The van der Waals surface area contributed by atoms with Crippen LogP contribution in [-0.4, -0.2) is 124 Å². The third kappa shape index (κ3) is 9.71. The molecule has 27 heavy (non-hydrogen) atoms. The number of hydrogen-bond acceptors (Lipinski definition) is 8. The van der Waals surface area contributed by atoms with Gasteiger partial charge in [0.1, 0.15) is 0 Å². The average molecular weight is 419 g/mol. The van der Waals surface area contributed by atoms with Crippen LogP contribution in [0.1, 0.15) is 31.4 Å². The van der Waals surface area contributed by atoms with Crippen LogP contribution in [0.25, 0.3) is 0 Å². The zero-order chi connectivity index (χ0) is 20.0. The summed E-state index contributed by atoms with van der Waals surface area (Å²) in [6, 6.07) is 0. The number of aliphatic hydroxyl groups is 1. The van der Waals surface area contributed by atoms with Gasteiger partial charge >= 0.3 is 81.9 Å². The fourth-order valence-corrected chi connectivity index (χ4v) is 1.77. The van der Waals surface area contributed by atoms with E-state index < -0.39 is 72.7 Å². The van der Waals surface area contributed by atoms with Crippen molar-refractivity contribution >= 4 is 81.9 Å². The van der Waals surface area contributed by atoms with Crippen molar-refractivity contribution in [3.05, 3.63) is 0 Å². The Balaban J connectivity index is -0.000000192. The van der Waals surface area contributed by atoms with Crippen molar-refractivity contribution in [3.8, 4) is 0 Å².